The molecule has 3 rings (SSSR count). The molecule has 5 nitrogen and oxygen atoms in total. The summed E-state index contributed by atoms with van der Waals surface area (Å²) in [6.07, 6.45) is 3.82. The largest absolute Gasteiger partial charge is 0.341 e. The van der Waals surface area contributed by atoms with Crippen molar-refractivity contribution in [2.75, 3.05) is 24.6 Å². The van der Waals surface area contributed by atoms with Crippen molar-refractivity contribution in [3.8, 4) is 0 Å². The molecule has 2 heterocycles. The third-order valence-corrected chi connectivity index (χ3v) is 7.40. The minimum Gasteiger partial charge on any atom is -0.341 e. The van der Waals surface area contributed by atoms with Gasteiger partial charge in [0, 0.05) is 30.4 Å². The monoisotopic (exact) mass is 376 g/mol. The van der Waals surface area contributed by atoms with Gasteiger partial charge in [0.25, 0.3) is 0 Å². The van der Waals surface area contributed by atoms with Crippen molar-refractivity contribution in [3.05, 3.63) is 60.4 Å². The highest BCUT2D eigenvalue weighted by Crippen LogP contribution is 2.29. The SMILES string of the molecule is O=C(CSc1ccncc1)N1CCC(c2ccccc2)S(=O)(=O)CC1. The highest BCUT2D eigenvalue weighted by atomic mass is 32.2. The molecule has 1 fully saturated rings. The second kappa shape index (κ2) is 8.01. The number of benzene rings is 1. The summed E-state index contributed by atoms with van der Waals surface area (Å²) in [6.45, 7) is 0.732. The van der Waals surface area contributed by atoms with Gasteiger partial charge in [0.15, 0.2) is 9.84 Å². The van der Waals surface area contributed by atoms with Crippen LogP contribution < -0.4 is 0 Å². The Hall–Kier alpha value is -1.86. The number of carbonyl (C=O) groups is 1. The van der Waals surface area contributed by atoms with Gasteiger partial charge < -0.3 is 4.90 Å². The molecule has 1 aromatic heterocycles. The second-order valence-electron chi connectivity index (χ2n) is 5.91. The maximum atomic E-state index is 12.6. The number of hydrogen-bond acceptors (Lipinski definition) is 5. The maximum absolute atomic E-state index is 12.6. The number of amides is 1. The van der Waals surface area contributed by atoms with Gasteiger partial charge in [0.1, 0.15) is 0 Å². The van der Waals surface area contributed by atoms with Gasteiger partial charge in [-0.15, -0.1) is 11.8 Å². The summed E-state index contributed by atoms with van der Waals surface area (Å²) in [5, 5.41) is -0.528. The average Bonchev–Trinajstić information content (AvgIpc) is 2.79. The third kappa shape index (κ3) is 4.61. The molecule has 0 N–H and O–H groups in total. The van der Waals surface area contributed by atoms with E-state index < -0.39 is 15.1 Å². The summed E-state index contributed by atoms with van der Waals surface area (Å²) < 4.78 is 25.2. The molecule has 1 aliphatic rings. The Morgan fingerprint density at radius 1 is 1.12 bits per heavy atom. The number of rotatable bonds is 4. The van der Waals surface area contributed by atoms with Crippen LogP contribution in [0.4, 0.5) is 0 Å². The summed E-state index contributed by atoms with van der Waals surface area (Å²) in [6, 6.07) is 13.0. The third-order valence-electron chi connectivity index (χ3n) is 4.28. The smallest absolute Gasteiger partial charge is 0.232 e. The summed E-state index contributed by atoms with van der Waals surface area (Å²) >= 11 is 1.45. The predicted molar refractivity (Wildman–Crippen MR) is 99.1 cm³/mol. The first-order valence-electron chi connectivity index (χ1n) is 8.13. The minimum absolute atomic E-state index is 0.0121. The van der Waals surface area contributed by atoms with E-state index in [-0.39, 0.29) is 18.2 Å². The lowest BCUT2D eigenvalue weighted by atomic mass is 10.1. The summed E-state index contributed by atoms with van der Waals surface area (Å²) in [7, 11) is -3.26. The lowest BCUT2D eigenvalue weighted by Gasteiger charge is -2.19. The fraction of sp³-hybridized carbons (Fsp3) is 0.333. The van der Waals surface area contributed by atoms with Crippen molar-refractivity contribution in [1.29, 1.82) is 0 Å². The molecule has 132 valence electrons. The minimum atomic E-state index is -3.26. The van der Waals surface area contributed by atoms with Crippen molar-refractivity contribution < 1.29 is 13.2 Å². The van der Waals surface area contributed by atoms with Gasteiger partial charge in [-0.25, -0.2) is 8.42 Å². The van der Waals surface area contributed by atoms with Crippen LogP contribution in [0.3, 0.4) is 0 Å². The molecule has 7 heteroatoms. The molecule has 1 aliphatic heterocycles. The van der Waals surface area contributed by atoms with Crippen molar-refractivity contribution in [1.82, 2.24) is 9.88 Å². The number of thioether (sulfide) groups is 1. The molecule has 0 saturated carbocycles. The van der Waals surface area contributed by atoms with Gasteiger partial charge in [0.2, 0.25) is 5.91 Å². The second-order valence-corrected chi connectivity index (χ2v) is 9.26. The quantitative estimate of drug-likeness (QED) is 0.767. The van der Waals surface area contributed by atoms with Crippen LogP contribution in [0.15, 0.2) is 59.8 Å². The van der Waals surface area contributed by atoms with E-state index in [2.05, 4.69) is 4.98 Å². The van der Waals surface area contributed by atoms with Gasteiger partial charge in [-0.2, -0.15) is 0 Å². The first-order chi connectivity index (χ1) is 12.1. The van der Waals surface area contributed by atoms with E-state index in [1.54, 1.807) is 17.3 Å². The molecule has 1 aromatic carbocycles. The molecule has 2 aromatic rings. The first kappa shape index (κ1) is 17.9. The van der Waals surface area contributed by atoms with Crippen LogP contribution in [0.5, 0.6) is 0 Å². The van der Waals surface area contributed by atoms with Crippen molar-refractivity contribution >= 4 is 27.5 Å². The van der Waals surface area contributed by atoms with E-state index in [0.717, 1.165) is 10.5 Å². The highest BCUT2D eigenvalue weighted by Gasteiger charge is 2.32. The Labute approximate surface area is 152 Å². The molecular formula is C18H20N2O3S2. The van der Waals surface area contributed by atoms with Gasteiger partial charge in [0.05, 0.1) is 16.8 Å². The summed E-state index contributed by atoms with van der Waals surface area (Å²) in [5.74, 6) is 0.295. The fourth-order valence-corrected chi connectivity index (χ4v) is 5.49. The lowest BCUT2D eigenvalue weighted by molar-refractivity contribution is -0.128. The van der Waals surface area contributed by atoms with E-state index in [1.807, 2.05) is 42.5 Å². The topological polar surface area (TPSA) is 67.3 Å². The van der Waals surface area contributed by atoms with Gasteiger partial charge >= 0.3 is 0 Å². The number of nitrogens with zero attached hydrogens (tertiary/aromatic N) is 2. The van der Waals surface area contributed by atoms with E-state index in [4.69, 9.17) is 0 Å². The van der Waals surface area contributed by atoms with Crippen LogP contribution in [0.1, 0.15) is 17.2 Å². The zero-order valence-electron chi connectivity index (χ0n) is 13.7. The molecule has 1 amide bonds. The van der Waals surface area contributed by atoms with E-state index in [9.17, 15) is 13.2 Å². The summed E-state index contributed by atoms with van der Waals surface area (Å²) in [5.41, 5.74) is 0.808. The highest BCUT2D eigenvalue weighted by molar-refractivity contribution is 8.00. The van der Waals surface area contributed by atoms with Gasteiger partial charge in [-0.1, -0.05) is 30.3 Å². The van der Waals surface area contributed by atoms with Crippen LogP contribution in [0, 0.1) is 0 Å². The van der Waals surface area contributed by atoms with E-state index >= 15 is 0 Å². The van der Waals surface area contributed by atoms with Gasteiger partial charge in [-0.3, -0.25) is 9.78 Å². The van der Waals surface area contributed by atoms with Crippen molar-refractivity contribution in [2.24, 2.45) is 0 Å². The van der Waals surface area contributed by atoms with Crippen LogP contribution in [0.2, 0.25) is 0 Å². The number of aromatic nitrogens is 1. The molecule has 25 heavy (non-hydrogen) atoms. The summed E-state index contributed by atoms with van der Waals surface area (Å²) in [4.78, 5) is 19.1. The zero-order valence-corrected chi connectivity index (χ0v) is 15.4. The number of sulfone groups is 1. The maximum Gasteiger partial charge on any atom is 0.232 e. The van der Waals surface area contributed by atoms with Crippen LogP contribution in [-0.2, 0) is 14.6 Å². The fourth-order valence-electron chi connectivity index (χ4n) is 2.91. The van der Waals surface area contributed by atoms with Crippen LogP contribution in [0.25, 0.3) is 0 Å². The number of carbonyl (C=O) groups excluding carboxylic acids is 1. The van der Waals surface area contributed by atoms with E-state index in [0.29, 0.717) is 18.7 Å². The van der Waals surface area contributed by atoms with Crippen molar-refractivity contribution in [2.45, 2.75) is 16.6 Å². The lowest BCUT2D eigenvalue weighted by Crippen LogP contribution is -2.34. The predicted octanol–water partition coefficient (Wildman–Crippen LogP) is 2.56. The molecular weight excluding hydrogens is 356 g/mol. The van der Waals surface area contributed by atoms with Crippen LogP contribution in [-0.4, -0.2) is 48.8 Å². The van der Waals surface area contributed by atoms with Gasteiger partial charge in [-0.05, 0) is 24.1 Å². The van der Waals surface area contributed by atoms with E-state index in [1.165, 1.54) is 11.8 Å². The molecule has 0 radical (unpaired) electrons. The number of hydrogen-bond donors (Lipinski definition) is 0. The molecule has 1 atom stereocenters. The Kier molecular flexibility index (Phi) is 5.75. The standard InChI is InChI=1S/C18H20N2O3S2/c21-18(14-24-16-6-9-19-10-7-16)20-11-8-17(25(22,23)13-12-20)15-4-2-1-3-5-15/h1-7,9-10,17H,8,11-14H2. The van der Waals surface area contributed by atoms with Crippen LogP contribution >= 0.6 is 11.8 Å². The number of pyridine rings is 1. The molecule has 1 unspecified atom stereocenters. The molecule has 0 spiro atoms. The molecule has 0 aliphatic carbocycles. The Morgan fingerprint density at radius 3 is 2.56 bits per heavy atom. The molecule has 0 bridgehead atoms. The normalized spacial score (nSPS) is 20.0. The Balaban J connectivity index is 1.65. The first-order valence-corrected chi connectivity index (χ1v) is 10.8. The molecule has 1 saturated heterocycles. The average molecular weight is 377 g/mol. The Bertz CT molecular complexity index is 811. The van der Waals surface area contributed by atoms with Crippen molar-refractivity contribution in [3.63, 3.8) is 0 Å². The Morgan fingerprint density at radius 2 is 1.84 bits per heavy atom. The zero-order chi connectivity index (χ0) is 17.7.